The highest BCUT2D eigenvalue weighted by Crippen LogP contribution is 2.20. The van der Waals surface area contributed by atoms with Crippen molar-refractivity contribution in [3.8, 4) is 0 Å². The largest absolute Gasteiger partial charge is 0.337 e. The van der Waals surface area contributed by atoms with Gasteiger partial charge in [0.25, 0.3) is 0 Å². The molecule has 16 heavy (non-hydrogen) atoms. The third kappa shape index (κ3) is 2.64. The normalized spacial score (nSPS) is 30.4. The van der Waals surface area contributed by atoms with E-state index in [0.29, 0.717) is 5.91 Å². The van der Waals surface area contributed by atoms with Crippen LogP contribution in [0.2, 0.25) is 0 Å². The molecule has 0 bridgehead atoms. The molecule has 0 aromatic heterocycles. The zero-order chi connectivity index (χ0) is 11.4. The standard InChI is InChI=1S/C13H22N2O/c1-2-11-6-7-14-12(10-11)13(16)15-8-4-3-5-9-15/h3-4,11-12,14H,2,5-10H2,1H3. The molecule has 2 unspecified atom stereocenters. The second-order valence-corrected chi connectivity index (χ2v) is 4.85. The van der Waals surface area contributed by atoms with Crippen molar-refractivity contribution in [3.05, 3.63) is 12.2 Å². The number of rotatable bonds is 2. The first kappa shape index (κ1) is 11.6. The molecule has 0 aliphatic carbocycles. The summed E-state index contributed by atoms with van der Waals surface area (Å²) in [7, 11) is 0. The molecular formula is C13H22N2O. The minimum Gasteiger partial charge on any atom is -0.337 e. The third-order valence-corrected chi connectivity index (χ3v) is 3.76. The lowest BCUT2D eigenvalue weighted by atomic mass is 9.90. The summed E-state index contributed by atoms with van der Waals surface area (Å²) in [5.41, 5.74) is 0. The van der Waals surface area contributed by atoms with Gasteiger partial charge >= 0.3 is 0 Å². The van der Waals surface area contributed by atoms with E-state index in [1.165, 1.54) is 12.8 Å². The molecule has 2 heterocycles. The van der Waals surface area contributed by atoms with Crippen molar-refractivity contribution < 1.29 is 4.79 Å². The van der Waals surface area contributed by atoms with E-state index in [-0.39, 0.29) is 6.04 Å². The predicted molar refractivity (Wildman–Crippen MR) is 65.1 cm³/mol. The number of nitrogens with zero attached hydrogens (tertiary/aromatic N) is 1. The number of amides is 1. The van der Waals surface area contributed by atoms with Crippen molar-refractivity contribution in [2.45, 2.75) is 38.6 Å². The Balaban J connectivity index is 1.90. The van der Waals surface area contributed by atoms with Gasteiger partial charge in [0.2, 0.25) is 5.91 Å². The zero-order valence-corrected chi connectivity index (χ0v) is 10.1. The molecule has 1 saturated heterocycles. The molecule has 0 radical (unpaired) electrons. The van der Waals surface area contributed by atoms with Crippen LogP contribution >= 0.6 is 0 Å². The molecule has 0 saturated carbocycles. The van der Waals surface area contributed by atoms with Crippen LogP contribution in [0, 0.1) is 5.92 Å². The average Bonchev–Trinajstić information content (AvgIpc) is 2.39. The first-order chi connectivity index (χ1) is 7.81. The van der Waals surface area contributed by atoms with Crippen LogP contribution in [0.25, 0.3) is 0 Å². The van der Waals surface area contributed by atoms with Crippen LogP contribution in [0.15, 0.2) is 12.2 Å². The third-order valence-electron chi connectivity index (χ3n) is 3.76. The summed E-state index contributed by atoms with van der Waals surface area (Å²) in [6, 6.07) is 0.0743. The number of nitrogens with one attached hydrogen (secondary N) is 1. The van der Waals surface area contributed by atoms with Crippen LogP contribution < -0.4 is 5.32 Å². The monoisotopic (exact) mass is 222 g/mol. The molecule has 2 aliphatic rings. The number of carbonyl (C=O) groups excluding carboxylic acids is 1. The Kier molecular flexibility index (Phi) is 3.99. The summed E-state index contributed by atoms with van der Waals surface area (Å²) in [4.78, 5) is 14.2. The molecule has 0 aromatic carbocycles. The smallest absolute Gasteiger partial charge is 0.240 e. The Morgan fingerprint density at radius 1 is 1.50 bits per heavy atom. The van der Waals surface area contributed by atoms with E-state index in [1.807, 2.05) is 4.90 Å². The Morgan fingerprint density at radius 2 is 2.38 bits per heavy atom. The Morgan fingerprint density at radius 3 is 3.06 bits per heavy atom. The van der Waals surface area contributed by atoms with Gasteiger partial charge in [0, 0.05) is 13.1 Å². The van der Waals surface area contributed by atoms with Gasteiger partial charge in [0.15, 0.2) is 0 Å². The topological polar surface area (TPSA) is 32.3 Å². The van der Waals surface area contributed by atoms with Crippen molar-refractivity contribution in [3.63, 3.8) is 0 Å². The van der Waals surface area contributed by atoms with Gasteiger partial charge in [-0.3, -0.25) is 4.79 Å². The quantitative estimate of drug-likeness (QED) is 0.719. The molecule has 90 valence electrons. The maximum atomic E-state index is 12.2. The second-order valence-electron chi connectivity index (χ2n) is 4.85. The second kappa shape index (κ2) is 5.48. The summed E-state index contributed by atoms with van der Waals surface area (Å²) in [5, 5.41) is 3.37. The lowest BCUT2D eigenvalue weighted by Gasteiger charge is -2.33. The van der Waals surface area contributed by atoms with Gasteiger partial charge in [-0.15, -0.1) is 0 Å². The number of carbonyl (C=O) groups is 1. The molecule has 1 N–H and O–H groups in total. The molecule has 3 heteroatoms. The Labute approximate surface area is 97.9 Å². The number of hydrogen-bond donors (Lipinski definition) is 1. The highest BCUT2D eigenvalue weighted by molar-refractivity contribution is 5.82. The van der Waals surface area contributed by atoms with E-state index in [1.54, 1.807) is 0 Å². The van der Waals surface area contributed by atoms with Crippen molar-refractivity contribution >= 4 is 5.91 Å². The summed E-state index contributed by atoms with van der Waals surface area (Å²) in [6.07, 6.45) is 8.71. The lowest BCUT2D eigenvalue weighted by Crippen LogP contribution is -2.51. The van der Waals surface area contributed by atoms with E-state index in [2.05, 4.69) is 24.4 Å². The van der Waals surface area contributed by atoms with Crippen molar-refractivity contribution in [1.29, 1.82) is 0 Å². The summed E-state index contributed by atoms with van der Waals surface area (Å²) >= 11 is 0. The average molecular weight is 222 g/mol. The van der Waals surface area contributed by atoms with Crippen molar-refractivity contribution in [1.82, 2.24) is 10.2 Å². The highest BCUT2D eigenvalue weighted by atomic mass is 16.2. The van der Waals surface area contributed by atoms with Gasteiger partial charge in [-0.05, 0) is 31.7 Å². The highest BCUT2D eigenvalue weighted by Gasteiger charge is 2.29. The fourth-order valence-electron chi connectivity index (χ4n) is 2.62. The number of piperidine rings is 1. The first-order valence-electron chi connectivity index (χ1n) is 6.48. The van der Waals surface area contributed by atoms with Crippen LogP contribution in [0.3, 0.4) is 0 Å². The zero-order valence-electron chi connectivity index (χ0n) is 10.1. The molecule has 2 rings (SSSR count). The molecule has 0 spiro atoms. The van der Waals surface area contributed by atoms with Crippen molar-refractivity contribution in [2.75, 3.05) is 19.6 Å². The van der Waals surface area contributed by atoms with Crippen LogP contribution in [-0.2, 0) is 4.79 Å². The van der Waals surface area contributed by atoms with E-state index in [4.69, 9.17) is 0 Å². The molecule has 2 aliphatic heterocycles. The van der Waals surface area contributed by atoms with Crippen molar-refractivity contribution in [2.24, 2.45) is 5.92 Å². The summed E-state index contributed by atoms with van der Waals surface area (Å²) in [5.74, 6) is 1.04. The SMILES string of the molecule is CCC1CCNC(C(=O)N2CC=CCC2)C1. The van der Waals surface area contributed by atoms with Gasteiger partial charge in [-0.2, -0.15) is 0 Å². The Hall–Kier alpha value is -0.830. The fraction of sp³-hybridized carbons (Fsp3) is 0.769. The van der Waals surface area contributed by atoms with E-state index in [0.717, 1.165) is 38.4 Å². The van der Waals surface area contributed by atoms with Gasteiger partial charge in [-0.1, -0.05) is 25.5 Å². The van der Waals surface area contributed by atoms with Gasteiger partial charge in [-0.25, -0.2) is 0 Å². The van der Waals surface area contributed by atoms with Crippen LogP contribution in [-0.4, -0.2) is 36.5 Å². The van der Waals surface area contributed by atoms with Crippen LogP contribution in [0.5, 0.6) is 0 Å². The minimum atomic E-state index is 0.0743. The Bertz CT molecular complexity index is 275. The summed E-state index contributed by atoms with van der Waals surface area (Å²) < 4.78 is 0. The van der Waals surface area contributed by atoms with Gasteiger partial charge in [0.05, 0.1) is 6.04 Å². The summed E-state index contributed by atoms with van der Waals surface area (Å²) in [6.45, 7) is 4.91. The predicted octanol–water partition coefficient (Wildman–Crippen LogP) is 1.55. The lowest BCUT2D eigenvalue weighted by molar-refractivity contribution is -0.134. The maximum absolute atomic E-state index is 12.2. The van der Waals surface area contributed by atoms with E-state index in [9.17, 15) is 4.79 Å². The van der Waals surface area contributed by atoms with Gasteiger partial charge < -0.3 is 10.2 Å². The minimum absolute atomic E-state index is 0.0743. The molecular weight excluding hydrogens is 200 g/mol. The maximum Gasteiger partial charge on any atom is 0.240 e. The molecule has 0 aromatic rings. The molecule has 3 nitrogen and oxygen atoms in total. The van der Waals surface area contributed by atoms with Crippen LogP contribution in [0.4, 0.5) is 0 Å². The number of hydrogen-bond acceptors (Lipinski definition) is 2. The molecule has 1 amide bonds. The van der Waals surface area contributed by atoms with Crippen LogP contribution in [0.1, 0.15) is 32.6 Å². The van der Waals surface area contributed by atoms with E-state index >= 15 is 0 Å². The van der Waals surface area contributed by atoms with Gasteiger partial charge in [0.1, 0.15) is 0 Å². The fourth-order valence-corrected chi connectivity index (χ4v) is 2.62. The first-order valence-corrected chi connectivity index (χ1v) is 6.48. The molecule has 2 atom stereocenters. The van der Waals surface area contributed by atoms with E-state index < -0.39 is 0 Å². The molecule has 1 fully saturated rings.